The fourth-order valence-electron chi connectivity index (χ4n) is 10.7. The number of esters is 2. The molecule has 4 aliphatic carbocycles. The highest BCUT2D eigenvalue weighted by molar-refractivity contribution is 5.91. The van der Waals surface area contributed by atoms with E-state index in [2.05, 4.69) is 40.3 Å². The summed E-state index contributed by atoms with van der Waals surface area (Å²) in [5.41, 5.74) is 2.40. The Morgan fingerprint density at radius 3 is 2.72 bits per heavy atom. The molecule has 1 aromatic rings. The molecule has 1 saturated heterocycles. The smallest absolute Gasteiger partial charge is 0.334 e. The van der Waals surface area contributed by atoms with Crippen LogP contribution in [0.5, 0.6) is 0 Å². The maximum Gasteiger partial charge on any atom is 0.334 e. The van der Waals surface area contributed by atoms with Gasteiger partial charge in [0.2, 0.25) is 0 Å². The molecule has 196 valence electrons. The predicted octanol–water partition coefficient (Wildman–Crippen LogP) is 6.43. The zero-order valence-corrected chi connectivity index (χ0v) is 22.7. The summed E-state index contributed by atoms with van der Waals surface area (Å²) in [4.78, 5) is 24.9. The standard InChI is InChI=1S/C31H42O5/c1-18-13-21(35-16-18)14-19(2)22-7-9-29(5)24-15-23-26(20(3)27(33)36-23)31(10-8-25(32)34-6)17-30(24,31)12-11-28(22,29)4/h13,16,19,22-24,26H,3,7-12,14-15,17H2,1-2,4-6H3/t19-,22-,23-,24+,26-,28-,29+,30+,31-/m1/s1. The second-order valence-electron chi connectivity index (χ2n) is 13.6. The van der Waals surface area contributed by atoms with Crippen molar-refractivity contribution in [3.63, 3.8) is 0 Å². The fourth-order valence-corrected chi connectivity index (χ4v) is 10.7. The number of rotatable bonds is 6. The van der Waals surface area contributed by atoms with E-state index in [1.807, 2.05) is 6.26 Å². The highest BCUT2D eigenvalue weighted by Crippen LogP contribution is 2.88. The van der Waals surface area contributed by atoms with Crippen LogP contribution in [0.1, 0.15) is 83.5 Å². The van der Waals surface area contributed by atoms with Gasteiger partial charge in [0.15, 0.2) is 0 Å². The highest BCUT2D eigenvalue weighted by atomic mass is 16.6. The van der Waals surface area contributed by atoms with E-state index in [9.17, 15) is 9.59 Å². The number of furan rings is 1. The minimum atomic E-state index is -0.220. The molecular formula is C31H42O5. The van der Waals surface area contributed by atoms with Gasteiger partial charge >= 0.3 is 11.9 Å². The summed E-state index contributed by atoms with van der Waals surface area (Å²) in [5, 5.41) is 0. The molecule has 0 bridgehead atoms. The number of hydrogen-bond donors (Lipinski definition) is 0. The average Bonchev–Trinajstić information content (AvgIpc) is 2.99. The third kappa shape index (κ3) is 2.95. The maximum atomic E-state index is 12.7. The molecule has 4 saturated carbocycles. The van der Waals surface area contributed by atoms with Gasteiger partial charge in [-0.1, -0.05) is 27.4 Å². The molecule has 0 aromatic carbocycles. The first-order valence-electron chi connectivity index (χ1n) is 14.0. The molecule has 6 rings (SSSR count). The minimum Gasteiger partial charge on any atom is -0.469 e. The molecule has 1 aromatic heterocycles. The Hall–Kier alpha value is -2.04. The molecule has 1 aliphatic heterocycles. The number of fused-ring (bicyclic) bond motifs is 4. The maximum absolute atomic E-state index is 12.7. The lowest BCUT2D eigenvalue weighted by Crippen LogP contribution is -2.56. The van der Waals surface area contributed by atoms with Crippen molar-refractivity contribution in [1.82, 2.24) is 0 Å². The Kier molecular flexibility index (Phi) is 5.22. The molecule has 2 heterocycles. The summed E-state index contributed by atoms with van der Waals surface area (Å²) in [7, 11) is 1.47. The predicted molar refractivity (Wildman–Crippen MR) is 136 cm³/mol. The van der Waals surface area contributed by atoms with Gasteiger partial charge in [-0.05, 0) is 103 Å². The van der Waals surface area contributed by atoms with Gasteiger partial charge in [-0.25, -0.2) is 4.79 Å². The molecular weight excluding hydrogens is 452 g/mol. The number of carbonyl (C=O) groups is 2. The van der Waals surface area contributed by atoms with Crippen molar-refractivity contribution in [2.75, 3.05) is 7.11 Å². The molecule has 0 unspecified atom stereocenters. The van der Waals surface area contributed by atoms with Crippen molar-refractivity contribution in [1.29, 1.82) is 0 Å². The quantitative estimate of drug-likeness (QED) is 0.337. The fraction of sp³-hybridized carbons (Fsp3) is 0.742. The molecule has 0 N–H and O–H groups in total. The van der Waals surface area contributed by atoms with Crippen molar-refractivity contribution in [2.24, 2.45) is 45.3 Å². The topological polar surface area (TPSA) is 65.7 Å². The Bertz CT molecular complexity index is 1120. The highest BCUT2D eigenvalue weighted by Gasteiger charge is 2.83. The number of hydrogen-bond acceptors (Lipinski definition) is 5. The van der Waals surface area contributed by atoms with Crippen LogP contribution in [-0.4, -0.2) is 25.2 Å². The van der Waals surface area contributed by atoms with Gasteiger partial charge in [0.05, 0.1) is 13.4 Å². The van der Waals surface area contributed by atoms with Crippen molar-refractivity contribution in [2.45, 2.75) is 91.6 Å². The second kappa shape index (κ2) is 7.74. The molecule has 0 amide bonds. The summed E-state index contributed by atoms with van der Waals surface area (Å²) >= 11 is 0. The van der Waals surface area contributed by atoms with Gasteiger partial charge in [0.25, 0.3) is 0 Å². The first-order chi connectivity index (χ1) is 17.0. The van der Waals surface area contributed by atoms with E-state index in [0.29, 0.717) is 29.7 Å². The first kappa shape index (κ1) is 24.3. The lowest BCUT2D eigenvalue weighted by Gasteiger charge is -2.61. The SMILES string of the molecule is C=C1C(=O)O[C@@H]2C[C@@H]3[C@]4(CC[C@]5(C)[C@@H]([C@H](C)Cc6cc(C)co6)CC[C@@]35C)C[C@]4(CCC(=O)OC)[C@H]12. The van der Waals surface area contributed by atoms with Crippen molar-refractivity contribution >= 4 is 11.9 Å². The van der Waals surface area contributed by atoms with Crippen LogP contribution < -0.4 is 0 Å². The van der Waals surface area contributed by atoms with Crippen LogP contribution in [0.15, 0.2) is 28.9 Å². The summed E-state index contributed by atoms with van der Waals surface area (Å²) in [6, 6.07) is 2.19. The van der Waals surface area contributed by atoms with Crippen LogP contribution in [0.4, 0.5) is 0 Å². The average molecular weight is 495 g/mol. The third-order valence-corrected chi connectivity index (χ3v) is 12.5. The number of carbonyl (C=O) groups excluding carboxylic acids is 2. The Balaban J connectivity index is 1.32. The van der Waals surface area contributed by atoms with Crippen LogP contribution >= 0.6 is 0 Å². The molecule has 9 atom stereocenters. The third-order valence-electron chi connectivity index (χ3n) is 12.5. The lowest BCUT2D eigenvalue weighted by atomic mass is 9.43. The zero-order valence-electron chi connectivity index (χ0n) is 22.7. The second-order valence-corrected chi connectivity index (χ2v) is 13.6. The largest absolute Gasteiger partial charge is 0.469 e. The molecule has 0 radical (unpaired) electrons. The van der Waals surface area contributed by atoms with Gasteiger partial charge in [-0.3, -0.25) is 4.79 Å². The van der Waals surface area contributed by atoms with E-state index < -0.39 is 0 Å². The van der Waals surface area contributed by atoms with Crippen molar-refractivity contribution < 1.29 is 23.5 Å². The number of methoxy groups -OCH3 is 1. The summed E-state index contributed by atoms with van der Waals surface area (Å²) in [6.07, 6.45) is 10.8. The van der Waals surface area contributed by atoms with E-state index in [1.165, 1.54) is 38.4 Å². The van der Waals surface area contributed by atoms with Crippen LogP contribution in [-0.2, 0) is 25.5 Å². The molecule has 1 spiro atoms. The van der Waals surface area contributed by atoms with Gasteiger partial charge < -0.3 is 13.9 Å². The van der Waals surface area contributed by atoms with E-state index in [0.717, 1.165) is 31.4 Å². The zero-order chi connectivity index (χ0) is 25.7. The van der Waals surface area contributed by atoms with Gasteiger partial charge in [0.1, 0.15) is 11.9 Å². The molecule has 5 heteroatoms. The number of ether oxygens (including phenoxy) is 2. The van der Waals surface area contributed by atoms with Crippen molar-refractivity contribution in [3.8, 4) is 0 Å². The van der Waals surface area contributed by atoms with Crippen LogP contribution in [0, 0.1) is 52.3 Å². The van der Waals surface area contributed by atoms with E-state index in [-0.39, 0.29) is 45.6 Å². The van der Waals surface area contributed by atoms with Crippen LogP contribution in [0.2, 0.25) is 0 Å². The normalized spacial score (nSPS) is 45.2. The van der Waals surface area contributed by atoms with Crippen LogP contribution in [0.25, 0.3) is 0 Å². The molecule has 5 fully saturated rings. The first-order valence-corrected chi connectivity index (χ1v) is 14.0. The van der Waals surface area contributed by atoms with Crippen LogP contribution in [0.3, 0.4) is 0 Å². The number of aryl methyl sites for hydroxylation is 1. The van der Waals surface area contributed by atoms with Crippen molar-refractivity contribution in [3.05, 3.63) is 35.8 Å². The summed E-state index contributed by atoms with van der Waals surface area (Å²) in [6.45, 7) is 13.8. The molecule has 5 aliphatic rings. The Morgan fingerprint density at radius 2 is 2.03 bits per heavy atom. The van der Waals surface area contributed by atoms with Gasteiger partial charge in [0, 0.05) is 24.3 Å². The van der Waals surface area contributed by atoms with E-state index in [1.54, 1.807) is 0 Å². The minimum absolute atomic E-state index is 0.0529. The summed E-state index contributed by atoms with van der Waals surface area (Å²) < 4.78 is 16.9. The van der Waals surface area contributed by atoms with Gasteiger partial charge in [-0.2, -0.15) is 0 Å². The molecule has 5 nitrogen and oxygen atoms in total. The molecule has 36 heavy (non-hydrogen) atoms. The summed E-state index contributed by atoms with van der Waals surface area (Å²) in [5.74, 6) is 2.48. The van der Waals surface area contributed by atoms with Gasteiger partial charge in [-0.15, -0.1) is 0 Å². The van der Waals surface area contributed by atoms with E-state index >= 15 is 0 Å². The monoisotopic (exact) mass is 494 g/mol. The Labute approximate surface area is 215 Å². The lowest BCUT2D eigenvalue weighted by molar-refractivity contribution is -0.158. The van der Waals surface area contributed by atoms with E-state index in [4.69, 9.17) is 13.9 Å². The Morgan fingerprint density at radius 1 is 1.25 bits per heavy atom.